The van der Waals surface area contributed by atoms with Gasteiger partial charge in [-0.25, -0.2) is 0 Å². The SMILES string of the molecule is CCSC1CCCC1NCc1cc(Cl)cc(OC)c1O. The molecule has 0 bridgehead atoms. The van der Waals surface area contributed by atoms with Crippen molar-refractivity contribution in [2.75, 3.05) is 12.9 Å². The summed E-state index contributed by atoms with van der Waals surface area (Å²) in [7, 11) is 1.54. The average Bonchev–Trinajstić information content (AvgIpc) is 2.87. The van der Waals surface area contributed by atoms with Gasteiger partial charge in [-0.2, -0.15) is 11.8 Å². The first-order valence-corrected chi connectivity index (χ1v) is 8.48. The lowest BCUT2D eigenvalue weighted by Gasteiger charge is -2.21. The number of benzene rings is 1. The van der Waals surface area contributed by atoms with Crippen LogP contribution in [0.5, 0.6) is 11.5 Å². The molecule has 1 fully saturated rings. The van der Waals surface area contributed by atoms with E-state index in [0.29, 0.717) is 28.6 Å². The van der Waals surface area contributed by atoms with Crippen molar-refractivity contribution in [3.63, 3.8) is 0 Å². The van der Waals surface area contributed by atoms with Crippen LogP contribution < -0.4 is 10.1 Å². The highest BCUT2D eigenvalue weighted by molar-refractivity contribution is 7.99. The maximum Gasteiger partial charge on any atom is 0.162 e. The predicted molar refractivity (Wildman–Crippen MR) is 86.1 cm³/mol. The number of thioether (sulfide) groups is 1. The molecule has 1 aliphatic carbocycles. The van der Waals surface area contributed by atoms with E-state index in [0.717, 1.165) is 11.3 Å². The standard InChI is InChI=1S/C15H22ClNO2S/c1-3-20-14-6-4-5-12(14)17-9-10-7-11(16)8-13(19-2)15(10)18/h7-8,12,14,17-18H,3-6,9H2,1-2H3. The summed E-state index contributed by atoms with van der Waals surface area (Å²) in [5.41, 5.74) is 0.793. The molecule has 0 aromatic heterocycles. The van der Waals surface area contributed by atoms with Gasteiger partial charge in [-0.1, -0.05) is 24.9 Å². The maximum atomic E-state index is 10.1. The summed E-state index contributed by atoms with van der Waals surface area (Å²) >= 11 is 8.07. The molecule has 1 aromatic carbocycles. The number of hydrogen-bond donors (Lipinski definition) is 2. The molecule has 1 aliphatic rings. The minimum atomic E-state index is 0.182. The fourth-order valence-corrected chi connectivity index (χ4v) is 4.19. The molecule has 5 heteroatoms. The van der Waals surface area contributed by atoms with Crippen LogP contribution in [0.3, 0.4) is 0 Å². The first-order valence-electron chi connectivity index (χ1n) is 7.06. The van der Waals surface area contributed by atoms with Gasteiger partial charge in [-0.3, -0.25) is 0 Å². The fraction of sp³-hybridized carbons (Fsp3) is 0.600. The molecule has 0 aliphatic heterocycles. The lowest BCUT2D eigenvalue weighted by Crippen LogP contribution is -2.33. The molecule has 0 amide bonds. The van der Waals surface area contributed by atoms with Crippen molar-refractivity contribution < 1.29 is 9.84 Å². The van der Waals surface area contributed by atoms with E-state index in [9.17, 15) is 5.11 Å². The first-order chi connectivity index (χ1) is 9.65. The van der Waals surface area contributed by atoms with Crippen LogP contribution in [-0.2, 0) is 6.54 Å². The van der Waals surface area contributed by atoms with Gasteiger partial charge in [0.1, 0.15) is 0 Å². The van der Waals surface area contributed by atoms with E-state index in [-0.39, 0.29) is 5.75 Å². The van der Waals surface area contributed by atoms with Gasteiger partial charge in [0.2, 0.25) is 0 Å². The van der Waals surface area contributed by atoms with Crippen LogP contribution in [0, 0.1) is 0 Å². The third kappa shape index (κ3) is 3.74. The second kappa shape index (κ2) is 7.43. The number of methoxy groups -OCH3 is 1. The number of phenols is 1. The molecule has 0 radical (unpaired) electrons. The number of phenolic OH excluding ortho intramolecular Hbond substituents is 1. The molecule has 0 heterocycles. The van der Waals surface area contributed by atoms with Crippen molar-refractivity contribution >= 4 is 23.4 Å². The Hall–Kier alpha value is -0.580. The molecule has 0 spiro atoms. The molecule has 2 atom stereocenters. The number of hydrogen-bond acceptors (Lipinski definition) is 4. The predicted octanol–water partition coefficient (Wildman–Crippen LogP) is 3.82. The molecular formula is C15H22ClNO2S. The van der Waals surface area contributed by atoms with Crippen LogP contribution >= 0.6 is 23.4 Å². The largest absolute Gasteiger partial charge is 0.504 e. The van der Waals surface area contributed by atoms with Crippen LogP contribution in [-0.4, -0.2) is 29.3 Å². The van der Waals surface area contributed by atoms with Gasteiger partial charge in [0.15, 0.2) is 11.5 Å². The highest BCUT2D eigenvalue weighted by atomic mass is 35.5. The smallest absolute Gasteiger partial charge is 0.162 e. The van der Waals surface area contributed by atoms with E-state index in [4.69, 9.17) is 16.3 Å². The minimum absolute atomic E-state index is 0.182. The molecule has 20 heavy (non-hydrogen) atoms. The molecule has 112 valence electrons. The Kier molecular flexibility index (Phi) is 5.87. The van der Waals surface area contributed by atoms with Crippen LogP contribution in [0.4, 0.5) is 0 Å². The van der Waals surface area contributed by atoms with Gasteiger partial charge < -0.3 is 15.2 Å². The molecule has 1 saturated carbocycles. The lowest BCUT2D eigenvalue weighted by molar-refractivity contribution is 0.368. The maximum absolute atomic E-state index is 10.1. The second-order valence-electron chi connectivity index (χ2n) is 5.03. The Bertz CT molecular complexity index is 456. The van der Waals surface area contributed by atoms with E-state index in [1.807, 2.05) is 11.8 Å². The summed E-state index contributed by atoms with van der Waals surface area (Å²) in [5.74, 6) is 1.77. The molecule has 2 rings (SSSR count). The summed E-state index contributed by atoms with van der Waals surface area (Å²) in [6.45, 7) is 2.82. The zero-order valence-electron chi connectivity index (χ0n) is 12.0. The van der Waals surface area contributed by atoms with Gasteiger partial charge in [0.25, 0.3) is 0 Å². The van der Waals surface area contributed by atoms with E-state index in [1.165, 1.54) is 26.4 Å². The highest BCUT2D eigenvalue weighted by Crippen LogP contribution is 2.34. The third-order valence-electron chi connectivity index (χ3n) is 3.73. The molecule has 1 aromatic rings. The van der Waals surface area contributed by atoms with Crippen molar-refractivity contribution in [3.05, 3.63) is 22.7 Å². The molecule has 2 N–H and O–H groups in total. The number of nitrogens with one attached hydrogen (secondary N) is 1. The molecule has 3 nitrogen and oxygen atoms in total. The summed E-state index contributed by atoms with van der Waals surface area (Å²) < 4.78 is 5.13. The number of rotatable bonds is 6. The van der Waals surface area contributed by atoms with E-state index in [1.54, 1.807) is 12.1 Å². The van der Waals surface area contributed by atoms with E-state index >= 15 is 0 Å². The fourth-order valence-electron chi connectivity index (χ4n) is 2.73. The monoisotopic (exact) mass is 315 g/mol. The van der Waals surface area contributed by atoms with Gasteiger partial charge in [0, 0.05) is 34.5 Å². The topological polar surface area (TPSA) is 41.5 Å². The Balaban J connectivity index is 2.02. The Labute approximate surface area is 130 Å². The zero-order valence-corrected chi connectivity index (χ0v) is 13.6. The van der Waals surface area contributed by atoms with Crippen LogP contribution in [0.2, 0.25) is 5.02 Å². The van der Waals surface area contributed by atoms with Gasteiger partial charge >= 0.3 is 0 Å². The van der Waals surface area contributed by atoms with Gasteiger partial charge in [-0.15, -0.1) is 0 Å². The van der Waals surface area contributed by atoms with E-state index < -0.39 is 0 Å². The van der Waals surface area contributed by atoms with Crippen LogP contribution in [0.25, 0.3) is 0 Å². The van der Waals surface area contributed by atoms with Crippen LogP contribution in [0.15, 0.2) is 12.1 Å². The molecule has 0 saturated heterocycles. The summed E-state index contributed by atoms with van der Waals surface area (Å²) in [4.78, 5) is 0. The van der Waals surface area contributed by atoms with Crippen molar-refractivity contribution in [1.82, 2.24) is 5.32 Å². The summed E-state index contributed by atoms with van der Waals surface area (Å²) in [5, 5.41) is 15.0. The second-order valence-corrected chi connectivity index (χ2v) is 6.98. The van der Waals surface area contributed by atoms with Crippen molar-refractivity contribution in [3.8, 4) is 11.5 Å². The lowest BCUT2D eigenvalue weighted by atomic mass is 10.1. The quantitative estimate of drug-likeness (QED) is 0.837. The molecular weight excluding hydrogens is 294 g/mol. The third-order valence-corrected chi connectivity index (χ3v) is 5.27. The summed E-state index contributed by atoms with van der Waals surface area (Å²) in [6, 6.07) is 3.94. The van der Waals surface area contributed by atoms with Gasteiger partial charge in [-0.05, 0) is 24.7 Å². The van der Waals surface area contributed by atoms with Crippen molar-refractivity contribution in [2.45, 2.75) is 44.0 Å². The Morgan fingerprint density at radius 3 is 2.95 bits per heavy atom. The number of aromatic hydroxyl groups is 1. The summed E-state index contributed by atoms with van der Waals surface area (Å²) in [6.07, 6.45) is 3.76. The zero-order chi connectivity index (χ0) is 14.5. The minimum Gasteiger partial charge on any atom is -0.504 e. The van der Waals surface area contributed by atoms with Crippen molar-refractivity contribution in [1.29, 1.82) is 0 Å². The van der Waals surface area contributed by atoms with E-state index in [2.05, 4.69) is 12.2 Å². The van der Waals surface area contributed by atoms with Crippen molar-refractivity contribution in [2.24, 2.45) is 0 Å². The number of ether oxygens (including phenoxy) is 1. The normalized spacial score (nSPS) is 22.1. The average molecular weight is 316 g/mol. The Morgan fingerprint density at radius 1 is 1.45 bits per heavy atom. The van der Waals surface area contributed by atoms with Gasteiger partial charge in [0.05, 0.1) is 7.11 Å². The molecule has 2 unspecified atom stereocenters. The number of halogens is 1. The Morgan fingerprint density at radius 2 is 2.25 bits per heavy atom. The highest BCUT2D eigenvalue weighted by Gasteiger charge is 2.26. The first kappa shape index (κ1) is 15.8. The van der Waals surface area contributed by atoms with Crippen LogP contribution in [0.1, 0.15) is 31.7 Å².